The van der Waals surface area contributed by atoms with Gasteiger partial charge >= 0.3 is 0 Å². The van der Waals surface area contributed by atoms with Crippen molar-refractivity contribution in [3.63, 3.8) is 0 Å². The van der Waals surface area contributed by atoms with Crippen molar-refractivity contribution in [3.8, 4) is 0 Å². The lowest BCUT2D eigenvalue weighted by Crippen LogP contribution is -2.21. The van der Waals surface area contributed by atoms with Gasteiger partial charge in [-0.05, 0) is 27.1 Å². The molecule has 0 saturated heterocycles. The molecule has 2 aromatic heterocycles. The smallest absolute Gasteiger partial charge is 0.203 e. The van der Waals surface area contributed by atoms with E-state index >= 15 is 0 Å². The van der Waals surface area contributed by atoms with Crippen LogP contribution in [-0.2, 0) is 13.6 Å². The average molecular weight is 338 g/mol. The zero-order chi connectivity index (χ0) is 18.0. The molecule has 0 saturated carbocycles. The highest BCUT2D eigenvalue weighted by atomic mass is 16.1. The van der Waals surface area contributed by atoms with Crippen LogP contribution in [0.5, 0.6) is 0 Å². The van der Waals surface area contributed by atoms with E-state index < -0.39 is 0 Å². The largest absolute Gasteiger partial charge is 0.330 e. The maximum atomic E-state index is 12.8. The normalized spacial score (nSPS) is 11.4. The number of carbonyl (C=O) groups is 1. The lowest BCUT2D eigenvalue weighted by Gasteiger charge is -2.12. The highest BCUT2D eigenvalue weighted by Crippen LogP contribution is 2.13. The van der Waals surface area contributed by atoms with Gasteiger partial charge in [-0.3, -0.25) is 14.3 Å². The molecule has 0 spiro atoms. The molecule has 0 atom stereocenters. The zero-order valence-electron chi connectivity index (χ0n) is 14.8. The Balaban J connectivity index is 2.08. The van der Waals surface area contributed by atoms with E-state index in [0.29, 0.717) is 23.1 Å². The number of hydrogen-bond acceptors (Lipinski definition) is 4. The van der Waals surface area contributed by atoms with Crippen LogP contribution in [-0.4, -0.2) is 45.7 Å². The summed E-state index contributed by atoms with van der Waals surface area (Å²) in [5.41, 5.74) is 1.07. The molecule has 6 nitrogen and oxygen atoms in total. The Morgan fingerprint density at radius 1 is 1.16 bits per heavy atom. The van der Waals surface area contributed by atoms with E-state index in [9.17, 15) is 9.59 Å². The fourth-order valence-electron chi connectivity index (χ4n) is 2.90. The topological polar surface area (TPSA) is 60.1 Å². The molecule has 0 aliphatic heterocycles. The molecule has 6 heteroatoms. The summed E-state index contributed by atoms with van der Waals surface area (Å²) in [4.78, 5) is 27.7. The van der Waals surface area contributed by atoms with E-state index in [2.05, 4.69) is 10.00 Å². The summed E-state index contributed by atoms with van der Waals surface area (Å²) in [5, 5.41) is 4.88. The van der Waals surface area contributed by atoms with E-state index in [1.807, 2.05) is 24.7 Å². The molecule has 1 aromatic carbocycles. The van der Waals surface area contributed by atoms with Crippen molar-refractivity contribution in [2.45, 2.75) is 13.0 Å². The van der Waals surface area contributed by atoms with E-state index in [4.69, 9.17) is 0 Å². The summed E-state index contributed by atoms with van der Waals surface area (Å²) < 4.78 is 3.53. The maximum Gasteiger partial charge on any atom is 0.203 e. The Hall–Kier alpha value is -2.73. The predicted octanol–water partition coefficient (Wildman–Crippen LogP) is 1.92. The van der Waals surface area contributed by atoms with E-state index in [0.717, 1.165) is 13.0 Å². The number of aromatic nitrogens is 3. The number of ketones is 1. The van der Waals surface area contributed by atoms with E-state index in [-0.39, 0.29) is 16.8 Å². The average Bonchev–Trinajstić information content (AvgIpc) is 2.99. The van der Waals surface area contributed by atoms with Crippen molar-refractivity contribution < 1.29 is 4.79 Å². The number of pyridine rings is 1. The first-order chi connectivity index (χ1) is 12.0. The van der Waals surface area contributed by atoms with Gasteiger partial charge in [-0.15, -0.1) is 0 Å². The van der Waals surface area contributed by atoms with Gasteiger partial charge in [-0.2, -0.15) is 5.10 Å². The first-order valence-corrected chi connectivity index (χ1v) is 8.28. The van der Waals surface area contributed by atoms with Crippen molar-refractivity contribution in [1.82, 2.24) is 19.2 Å². The van der Waals surface area contributed by atoms with Crippen LogP contribution < -0.4 is 5.43 Å². The first-order valence-electron chi connectivity index (χ1n) is 8.28. The quantitative estimate of drug-likeness (QED) is 0.644. The van der Waals surface area contributed by atoms with Gasteiger partial charge in [0.25, 0.3) is 0 Å². The van der Waals surface area contributed by atoms with Crippen LogP contribution in [0.25, 0.3) is 11.0 Å². The molecule has 0 N–H and O–H groups in total. The summed E-state index contributed by atoms with van der Waals surface area (Å²) in [7, 11) is 5.82. The van der Waals surface area contributed by atoms with Gasteiger partial charge in [-0.1, -0.05) is 30.3 Å². The number of benzene rings is 1. The van der Waals surface area contributed by atoms with Gasteiger partial charge in [0.2, 0.25) is 5.43 Å². The van der Waals surface area contributed by atoms with E-state index in [1.54, 1.807) is 48.4 Å². The second kappa shape index (κ2) is 7.03. The summed E-state index contributed by atoms with van der Waals surface area (Å²) in [6, 6.07) is 8.90. The second-order valence-electron chi connectivity index (χ2n) is 6.46. The third kappa shape index (κ3) is 3.53. The van der Waals surface area contributed by atoms with Crippen molar-refractivity contribution in [2.24, 2.45) is 7.05 Å². The van der Waals surface area contributed by atoms with Gasteiger partial charge in [0.15, 0.2) is 11.4 Å². The van der Waals surface area contributed by atoms with E-state index in [1.165, 1.54) is 0 Å². The molecule has 25 heavy (non-hydrogen) atoms. The van der Waals surface area contributed by atoms with Gasteiger partial charge in [0, 0.05) is 31.5 Å². The fourth-order valence-corrected chi connectivity index (χ4v) is 2.90. The van der Waals surface area contributed by atoms with Gasteiger partial charge < -0.3 is 9.47 Å². The minimum atomic E-state index is -0.263. The Kier molecular flexibility index (Phi) is 4.81. The molecule has 0 bridgehead atoms. The Morgan fingerprint density at radius 2 is 1.88 bits per heavy atom. The Bertz CT molecular complexity index is 955. The van der Waals surface area contributed by atoms with Crippen LogP contribution >= 0.6 is 0 Å². The Labute approximate surface area is 146 Å². The first kappa shape index (κ1) is 17.1. The van der Waals surface area contributed by atoms with Gasteiger partial charge in [-0.25, -0.2) is 0 Å². The van der Waals surface area contributed by atoms with Crippen LogP contribution in [0.15, 0.2) is 47.5 Å². The standard InChI is InChI=1S/C19H22N4O2/c1-21(2)10-7-11-23-13-15(17(24)14-8-5-4-6-9-14)18(25)16-12-22(3)20-19(16)23/h4-6,8-9,12-13H,7,10-11H2,1-3H3. The number of carbonyl (C=O) groups excluding carboxylic acids is 1. The van der Waals surface area contributed by atoms with Crippen molar-refractivity contribution in [1.29, 1.82) is 0 Å². The summed E-state index contributed by atoms with van der Waals surface area (Å²) in [6.07, 6.45) is 4.24. The predicted molar refractivity (Wildman–Crippen MR) is 98.0 cm³/mol. The Morgan fingerprint density at radius 3 is 2.56 bits per heavy atom. The molecule has 0 aliphatic rings. The monoisotopic (exact) mass is 338 g/mol. The highest BCUT2D eigenvalue weighted by molar-refractivity contribution is 6.09. The minimum absolute atomic E-state index is 0.191. The maximum absolute atomic E-state index is 12.8. The molecule has 0 aliphatic carbocycles. The van der Waals surface area contributed by atoms with Crippen LogP contribution in [0.2, 0.25) is 0 Å². The summed E-state index contributed by atoms with van der Waals surface area (Å²) in [6.45, 7) is 1.61. The lowest BCUT2D eigenvalue weighted by molar-refractivity contribution is 0.103. The lowest BCUT2D eigenvalue weighted by atomic mass is 10.0. The third-order valence-corrected chi connectivity index (χ3v) is 4.14. The molecule has 0 fully saturated rings. The number of rotatable bonds is 6. The van der Waals surface area contributed by atoms with Crippen molar-refractivity contribution in [3.05, 3.63) is 64.1 Å². The van der Waals surface area contributed by atoms with Gasteiger partial charge in [0.1, 0.15) is 0 Å². The molecule has 130 valence electrons. The summed E-state index contributed by atoms with van der Waals surface area (Å²) >= 11 is 0. The van der Waals surface area contributed by atoms with Gasteiger partial charge in [0.05, 0.1) is 10.9 Å². The molecular weight excluding hydrogens is 316 g/mol. The minimum Gasteiger partial charge on any atom is -0.330 e. The third-order valence-electron chi connectivity index (χ3n) is 4.14. The molecular formula is C19H22N4O2. The fraction of sp³-hybridized carbons (Fsp3) is 0.316. The second-order valence-corrected chi connectivity index (χ2v) is 6.46. The molecule has 0 amide bonds. The van der Waals surface area contributed by atoms with Crippen LogP contribution in [0.4, 0.5) is 0 Å². The highest BCUT2D eigenvalue weighted by Gasteiger charge is 2.18. The molecule has 3 rings (SSSR count). The number of fused-ring (bicyclic) bond motifs is 1. The van der Waals surface area contributed by atoms with Crippen molar-refractivity contribution in [2.75, 3.05) is 20.6 Å². The molecule has 3 aromatic rings. The zero-order valence-corrected chi connectivity index (χ0v) is 14.8. The number of hydrogen-bond donors (Lipinski definition) is 0. The number of nitrogens with zero attached hydrogens (tertiary/aromatic N) is 4. The van der Waals surface area contributed by atoms with Crippen LogP contribution in [0, 0.1) is 0 Å². The molecule has 0 radical (unpaired) electrons. The molecule has 0 unspecified atom stereocenters. The number of aryl methyl sites for hydroxylation is 2. The summed E-state index contributed by atoms with van der Waals surface area (Å²) in [5.74, 6) is -0.252. The SMILES string of the molecule is CN(C)CCCn1cc(C(=O)c2ccccc2)c(=O)c2cn(C)nc21. The van der Waals surface area contributed by atoms with Crippen LogP contribution in [0.3, 0.4) is 0 Å². The van der Waals surface area contributed by atoms with Crippen molar-refractivity contribution >= 4 is 16.8 Å². The van der Waals surface area contributed by atoms with Crippen LogP contribution in [0.1, 0.15) is 22.3 Å². The molecule has 2 heterocycles.